The van der Waals surface area contributed by atoms with Crippen molar-refractivity contribution in [3.8, 4) is 0 Å². The molecule has 0 saturated carbocycles. The SMILES string of the molecule is O=C(OCc1ccccc1)N1CCCCc2cc(Br)ccc21. The fourth-order valence-corrected chi connectivity index (χ4v) is 3.12. The molecule has 3 nitrogen and oxygen atoms in total. The normalized spacial score (nSPS) is 14.1. The van der Waals surface area contributed by atoms with E-state index in [1.54, 1.807) is 4.90 Å². The molecule has 2 aromatic rings. The number of carbonyl (C=O) groups excluding carboxylic acids is 1. The number of amides is 1. The van der Waals surface area contributed by atoms with Gasteiger partial charge in [-0.25, -0.2) is 4.79 Å². The highest BCUT2D eigenvalue weighted by Crippen LogP contribution is 2.29. The standard InChI is InChI=1S/C18H18BrNO2/c19-16-9-10-17-15(12-16)8-4-5-11-20(17)18(21)22-13-14-6-2-1-3-7-14/h1-3,6-7,9-10,12H,4-5,8,11,13H2. The second-order valence-electron chi connectivity index (χ2n) is 5.42. The van der Waals surface area contributed by atoms with E-state index in [2.05, 4.69) is 22.0 Å². The lowest BCUT2D eigenvalue weighted by Gasteiger charge is -2.22. The summed E-state index contributed by atoms with van der Waals surface area (Å²) in [5.41, 5.74) is 3.17. The molecule has 3 rings (SSSR count). The lowest BCUT2D eigenvalue weighted by atomic mass is 10.1. The number of hydrogen-bond donors (Lipinski definition) is 0. The molecule has 4 heteroatoms. The third kappa shape index (κ3) is 3.50. The van der Waals surface area contributed by atoms with Crippen molar-refractivity contribution in [1.82, 2.24) is 0 Å². The Balaban J connectivity index is 1.75. The molecular weight excluding hydrogens is 342 g/mol. The molecule has 1 amide bonds. The predicted octanol–water partition coefficient (Wildman–Crippen LogP) is 4.93. The Hall–Kier alpha value is -1.81. The topological polar surface area (TPSA) is 29.5 Å². The van der Waals surface area contributed by atoms with E-state index < -0.39 is 0 Å². The smallest absolute Gasteiger partial charge is 0.414 e. The Morgan fingerprint density at radius 3 is 2.77 bits per heavy atom. The second kappa shape index (κ2) is 6.97. The van der Waals surface area contributed by atoms with E-state index in [0.717, 1.165) is 35.0 Å². The molecule has 0 unspecified atom stereocenters. The van der Waals surface area contributed by atoms with Crippen LogP contribution >= 0.6 is 15.9 Å². The summed E-state index contributed by atoms with van der Waals surface area (Å²) in [6, 6.07) is 15.8. The van der Waals surface area contributed by atoms with E-state index in [4.69, 9.17) is 4.74 Å². The Morgan fingerprint density at radius 1 is 1.14 bits per heavy atom. The Morgan fingerprint density at radius 2 is 1.95 bits per heavy atom. The number of benzene rings is 2. The molecule has 0 radical (unpaired) electrons. The maximum Gasteiger partial charge on any atom is 0.414 e. The van der Waals surface area contributed by atoms with Gasteiger partial charge in [-0.15, -0.1) is 0 Å². The number of rotatable bonds is 2. The van der Waals surface area contributed by atoms with Crippen LogP contribution in [0, 0.1) is 0 Å². The molecule has 1 heterocycles. The van der Waals surface area contributed by atoms with Crippen molar-refractivity contribution in [2.75, 3.05) is 11.4 Å². The average Bonchev–Trinajstić information content (AvgIpc) is 2.75. The maximum atomic E-state index is 12.5. The number of halogens is 1. The summed E-state index contributed by atoms with van der Waals surface area (Å²) in [6.45, 7) is 1.02. The summed E-state index contributed by atoms with van der Waals surface area (Å²) >= 11 is 3.50. The van der Waals surface area contributed by atoms with Crippen molar-refractivity contribution < 1.29 is 9.53 Å². The zero-order valence-corrected chi connectivity index (χ0v) is 13.9. The summed E-state index contributed by atoms with van der Waals surface area (Å²) in [5, 5.41) is 0. The summed E-state index contributed by atoms with van der Waals surface area (Å²) in [6.07, 6.45) is 2.81. The third-order valence-electron chi connectivity index (χ3n) is 3.84. The van der Waals surface area contributed by atoms with Gasteiger partial charge in [-0.1, -0.05) is 46.3 Å². The van der Waals surface area contributed by atoms with E-state index in [1.807, 2.05) is 42.5 Å². The van der Waals surface area contributed by atoms with Crippen LogP contribution in [0.5, 0.6) is 0 Å². The van der Waals surface area contributed by atoms with Gasteiger partial charge in [0.2, 0.25) is 0 Å². The van der Waals surface area contributed by atoms with Crippen LogP contribution in [0.4, 0.5) is 10.5 Å². The van der Waals surface area contributed by atoms with Crippen molar-refractivity contribution in [3.63, 3.8) is 0 Å². The fraction of sp³-hybridized carbons (Fsp3) is 0.278. The van der Waals surface area contributed by atoms with Gasteiger partial charge in [-0.3, -0.25) is 4.90 Å². The van der Waals surface area contributed by atoms with Crippen LogP contribution < -0.4 is 4.90 Å². The molecule has 114 valence electrons. The van der Waals surface area contributed by atoms with Crippen LogP contribution in [0.3, 0.4) is 0 Å². The Bertz CT molecular complexity index is 657. The number of nitrogens with zero attached hydrogens (tertiary/aromatic N) is 1. The maximum absolute atomic E-state index is 12.5. The number of fused-ring (bicyclic) bond motifs is 1. The molecule has 1 aliphatic rings. The molecule has 0 fully saturated rings. The van der Waals surface area contributed by atoms with Gasteiger partial charge in [0.1, 0.15) is 6.61 Å². The first-order valence-corrected chi connectivity index (χ1v) is 8.30. The Kier molecular flexibility index (Phi) is 4.78. The second-order valence-corrected chi connectivity index (χ2v) is 6.34. The first-order valence-electron chi connectivity index (χ1n) is 7.51. The number of ether oxygens (including phenoxy) is 1. The van der Waals surface area contributed by atoms with Crippen LogP contribution in [0.2, 0.25) is 0 Å². The zero-order chi connectivity index (χ0) is 15.4. The van der Waals surface area contributed by atoms with Gasteiger partial charge < -0.3 is 4.74 Å². The van der Waals surface area contributed by atoms with Crippen molar-refractivity contribution in [1.29, 1.82) is 0 Å². The van der Waals surface area contributed by atoms with Gasteiger partial charge >= 0.3 is 6.09 Å². The number of aryl methyl sites for hydroxylation is 1. The van der Waals surface area contributed by atoms with Gasteiger partial charge in [0, 0.05) is 11.0 Å². The molecule has 22 heavy (non-hydrogen) atoms. The minimum atomic E-state index is -0.269. The van der Waals surface area contributed by atoms with Crippen molar-refractivity contribution in [2.24, 2.45) is 0 Å². The fourth-order valence-electron chi connectivity index (χ4n) is 2.71. The van der Waals surface area contributed by atoms with Crippen molar-refractivity contribution in [2.45, 2.75) is 25.9 Å². The number of hydrogen-bond acceptors (Lipinski definition) is 2. The lowest BCUT2D eigenvalue weighted by Crippen LogP contribution is -2.32. The van der Waals surface area contributed by atoms with Crippen LogP contribution in [0.15, 0.2) is 53.0 Å². The highest BCUT2D eigenvalue weighted by Gasteiger charge is 2.22. The van der Waals surface area contributed by atoms with E-state index in [0.29, 0.717) is 13.2 Å². The van der Waals surface area contributed by atoms with Crippen molar-refractivity contribution >= 4 is 27.7 Å². The summed E-state index contributed by atoms with van der Waals surface area (Å²) in [5.74, 6) is 0. The largest absolute Gasteiger partial charge is 0.444 e. The van der Waals surface area contributed by atoms with Crippen LogP contribution in [-0.4, -0.2) is 12.6 Å². The lowest BCUT2D eigenvalue weighted by molar-refractivity contribution is 0.147. The minimum absolute atomic E-state index is 0.269. The van der Waals surface area contributed by atoms with Crippen LogP contribution in [0.1, 0.15) is 24.0 Å². The molecule has 0 aliphatic carbocycles. The highest BCUT2D eigenvalue weighted by atomic mass is 79.9. The van der Waals surface area contributed by atoms with Crippen LogP contribution in [0.25, 0.3) is 0 Å². The molecule has 0 saturated heterocycles. The van der Waals surface area contributed by atoms with E-state index in [9.17, 15) is 4.79 Å². The summed E-state index contributed by atoms with van der Waals surface area (Å²) in [7, 11) is 0. The van der Waals surface area contributed by atoms with Crippen molar-refractivity contribution in [3.05, 3.63) is 64.1 Å². The molecule has 0 atom stereocenters. The quantitative estimate of drug-likeness (QED) is 0.760. The Labute approximate surface area is 139 Å². The minimum Gasteiger partial charge on any atom is -0.444 e. The van der Waals surface area contributed by atoms with Gasteiger partial charge in [0.25, 0.3) is 0 Å². The predicted molar refractivity (Wildman–Crippen MR) is 91.1 cm³/mol. The molecule has 0 spiro atoms. The molecule has 0 aromatic heterocycles. The monoisotopic (exact) mass is 359 g/mol. The average molecular weight is 360 g/mol. The highest BCUT2D eigenvalue weighted by molar-refractivity contribution is 9.10. The van der Waals surface area contributed by atoms with Gasteiger partial charge in [-0.2, -0.15) is 0 Å². The number of carbonyl (C=O) groups is 1. The van der Waals surface area contributed by atoms with Crippen LogP contribution in [-0.2, 0) is 17.8 Å². The van der Waals surface area contributed by atoms with E-state index in [-0.39, 0.29) is 6.09 Å². The molecule has 2 aromatic carbocycles. The first-order chi connectivity index (χ1) is 10.7. The molecule has 0 N–H and O–H groups in total. The first kappa shape index (κ1) is 15.1. The summed E-state index contributed by atoms with van der Waals surface area (Å²) in [4.78, 5) is 14.2. The zero-order valence-electron chi connectivity index (χ0n) is 12.3. The third-order valence-corrected chi connectivity index (χ3v) is 4.33. The molecule has 1 aliphatic heterocycles. The summed E-state index contributed by atoms with van der Waals surface area (Å²) < 4.78 is 6.53. The van der Waals surface area contributed by atoms with Gasteiger partial charge in [0.15, 0.2) is 0 Å². The van der Waals surface area contributed by atoms with E-state index in [1.165, 1.54) is 5.56 Å². The molecular formula is C18H18BrNO2. The molecule has 0 bridgehead atoms. The van der Waals surface area contributed by atoms with Gasteiger partial charge in [0.05, 0.1) is 5.69 Å². The van der Waals surface area contributed by atoms with Gasteiger partial charge in [-0.05, 0) is 48.6 Å². The number of anilines is 1. The van der Waals surface area contributed by atoms with E-state index >= 15 is 0 Å².